The van der Waals surface area contributed by atoms with Crippen LogP contribution >= 0.6 is 0 Å². The highest BCUT2D eigenvalue weighted by molar-refractivity contribution is 5.95. The molecule has 33 heavy (non-hydrogen) atoms. The van der Waals surface area contributed by atoms with Crippen molar-refractivity contribution in [3.05, 3.63) is 59.2 Å². The Morgan fingerprint density at radius 1 is 0.970 bits per heavy atom. The molecule has 5 rings (SSSR count). The van der Waals surface area contributed by atoms with E-state index in [-0.39, 0.29) is 49.8 Å². The number of aliphatic hydroxyl groups is 1. The van der Waals surface area contributed by atoms with E-state index >= 15 is 0 Å². The van der Waals surface area contributed by atoms with Gasteiger partial charge >= 0.3 is 0 Å². The van der Waals surface area contributed by atoms with Crippen molar-refractivity contribution in [2.75, 3.05) is 13.4 Å². The van der Waals surface area contributed by atoms with Crippen LogP contribution in [0.1, 0.15) is 40.7 Å². The highest BCUT2D eigenvalue weighted by Crippen LogP contribution is 2.32. The van der Waals surface area contributed by atoms with Crippen molar-refractivity contribution < 1.29 is 28.9 Å². The second kappa shape index (κ2) is 9.41. The van der Waals surface area contributed by atoms with Crippen molar-refractivity contribution in [3.8, 4) is 11.5 Å². The molecule has 0 bridgehead atoms. The Balaban J connectivity index is 1.12. The highest BCUT2D eigenvalue weighted by Gasteiger charge is 2.34. The molecule has 2 aromatic carbocycles. The molecule has 3 aliphatic rings. The average Bonchev–Trinajstić information content (AvgIpc) is 3.45. The van der Waals surface area contributed by atoms with E-state index in [1.54, 1.807) is 18.2 Å². The van der Waals surface area contributed by atoms with E-state index in [0.29, 0.717) is 29.9 Å². The Morgan fingerprint density at radius 3 is 2.48 bits per heavy atom. The van der Waals surface area contributed by atoms with Gasteiger partial charge in [0.2, 0.25) is 12.7 Å². The van der Waals surface area contributed by atoms with Crippen LogP contribution in [0.3, 0.4) is 0 Å². The molecular weight excluding hydrogens is 424 g/mol. The quantitative estimate of drug-likeness (QED) is 0.617. The number of rotatable bonds is 6. The predicted molar refractivity (Wildman–Crippen MR) is 119 cm³/mol. The molecular formula is C25H28N2O6. The summed E-state index contributed by atoms with van der Waals surface area (Å²) in [4.78, 5) is 25.3. The minimum absolute atomic E-state index is 0.0441. The van der Waals surface area contributed by atoms with Crippen molar-refractivity contribution in [1.29, 1.82) is 0 Å². The summed E-state index contributed by atoms with van der Waals surface area (Å²) >= 11 is 0. The third-order valence-corrected chi connectivity index (χ3v) is 6.58. The zero-order valence-corrected chi connectivity index (χ0v) is 18.3. The number of carbonyl (C=O) groups is 2. The standard InChI is InChI=1S/C25H28N2O6/c28-13-23-20(27-25(30)17-5-8-21-22(11-17)32-14-31-21)7-6-19(33-23)12-24(29)26-18-9-15-3-1-2-4-16(15)10-18/h1-5,8,11,18-20,23,28H,6-7,9-10,12-14H2,(H,26,29)(H,27,30)/t19-,20+,23-/m0/s1. The van der Waals surface area contributed by atoms with E-state index in [1.807, 2.05) is 12.1 Å². The highest BCUT2D eigenvalue weighted by atomic mass is 16.7. The second-order valence-electron chi connectivity index (χ2n) is 8.85. The van der Waals surface area contributed by atoms with Gasteiger partial charge in [0.25, 0.3) is 5.91 Å². The van der Waals surface area contributed by atoms with E-state index < -0.39 is 6.10 Å². The van der Waals surface area contributed by atoms with Gasteiger partial charge in [-0.25, -0.2) is 0 Å². The van der Waals surface area contributed by atoms with Gasteiger partial charge < -0.3 is 30.0 Å². The molecule has 0 saturated carbocycles. The Morgan fingerprint density at radius 2 is 1.73 bits per heavy atom. The summed E-state index contributed by atoms with van der Waals surface area (Å²) in [6, 6.07) is 13.1. The molecule has 2 heterocycles. The van der Waals surface area contributed by atoms with Crippen LogP contribution < -0.4 is 20.1 Å². The van der Waals surface area contributed by atoms with Crippen molar-refractivity contribution in [2.24, 2.45) is 0 Å². The predicted octanol–water partition coefficient (Wildman–Crippen LogP) is 1.73. The van der Waals surface area contributed by atoms with Crippen LogP contribution in [0.4, 0.5) is 0 Å². The number of ether oxygens (including phenoxy) is 3. The van der Waals surface area contributed by atoms with Crippen molar-refractivity contribution in [3.63, 3.8) is 0 Å². The normalized spacial score (nSPS) is 23.7. The molecule has 8 heteroatoms. The summed E-state index contributed by atoms with van der Waals surface area (Å²) in [6.45, 7) is -0.0890. The number of amides is 2. The number of hydrogen-bond acceptors (Lipinski definition) is 6. The Hall–Kier alpha value is -3.10. The summed E-state index contributed by atoms with van der Waals surface area (Å²) < 4.78 is 16.6. The molecule has 3 N–H and O–H groups in total. The fourth-order valence-electron chi connectivity index (χ4n) is 4.89. The fraction of sp³-hybridized carbons (Fsp3) is 0.440. The van der Waals surface area contributed by atoms with Gasteiger partial charge in [-0.15, -0.1) is 0 Å². The van der Waals surface area contributed by atoms with Gasteiger partial charge in [0, 0.05) is 11.6 Å². The monoisotopic (exact) mass is 452 g/mol. The van der Waals surface area contributed by atoms with E-state index in [4.69, 9.17) is 14.2 Å². The minimum atomic E-state index is -0.565. The molecule has 0 spiro atoms. The molecule has 1 aliphatic carbocycles. The lowest BCUT2D eigenvalue weighted by molar-refractivity contribution is -0.131. The molecule has 8 nitrogen and oxygen atoms in total. The van der Waals surface area contributed by atoms with Gasteiger partial charge in [-0.3, -0.25) is 9.59 Å². The van der Waals surface area contributed by atoms with Crippen molar-refractivity contribution in [2.45, 2.75) is 56.4 Å². The Labute approximate surface area is 192 Å². The number of fused-ring (bicyclic) bond motifs is 2. The maximum atomic E-state index is 12.7. The van der Waals surface area contributed by atoms with E-state index in [1.165, 1.54) is 11.1 Å². The van der Waals surface area contributed by atoms with Crippen LogP contribution in [0.5, 0.6) is 11.5 Å². The first-order valence-corrected chi connectivity index (χ1v) is 11.4. The van der Waals surface area contributed by atoms with Crippen LogP contribution in [0, 0.1) is 0 Å². The SMILES string of the molecule is O=C(C[C@@H]1CC[C@@H](NC(=O)c2ccc3c(c2)OCO3)[C@H](CO)O1)NC1Cc2ccccc2C1. The first kappa shape index (κ1) is 21.7. The molecule has 2 amide bonds. The molecule has 1 saturated heterocycles. The van der Waals surface area contributed by atoms with Crippen LogP contribution in [0.15, 0.2) is 42.5 Å². The zero-order valence-electron chi connectivity index (χ0n) is 18.3. The molecule has 1 fully saturated rings. The van der Waals surface area contributed by atoms with Gasteiger partial charge in [0.15, 0.2) is 11.5 Å². The van der Waals surface area contributed by atoms with Gasteiger partial charge in [-0.2, -0.15) is 0 Å². The Kier molecular flexibility index (Phi) is 6.20. The summed E-state index contributed by atoms with van der Waals surface area (Å²) in [5.74, 6) is 0.843. The molecule has 0 radical (unpaired) electrons. The maximum absolute atomic E-state index is 12.7. The molecule has 0 unspecified atom stereocenters. The zero-order chi connectivity index (χ0) is 22.8. The number of benzene rings is 2. The molecule has 2 aliphatic heterocycles. The summed E-state index contributed by atoms with van der Waals surface area (Å²) in [6.07, 6.45) is 2.33. The van der Waals surface area contributed by atoms with Gasteiger partial charge in [0.05, 0.1) is 25.2 Å². The summed E-state index contributed by atoms with van der Waals surface area (Å²) in [7, 11) is 0. The maximum Gasteiger partial charge on any atom is 0.251 e. The van der Waals surface area contributed by atoms with Crippen molar-refractivity contribution >= 4 is 11.8 Å². The van der Waals surface area contributed by atoms with Crippen LogP contribution in [-0.2, 0) is 22.4 Å². The van der Waals surface area contributed by atoms with Gasteiger partial charge in [-0.1, -0.05) is 24.3 Å². The molecule has 2 aromatic rings. The lowest BCUT2D eigenvalue weighted by Gasteiger charge is -2.36. The van der Waals surface area contributed by atoms with Crippen LogP contribution in [0.2, 0.25) is 0 Å². The minimum Gasteiger partial charge on any atom is -0.454 e. The van der Waals surface area contributed by atoms with Crippen LogP contribution in [0.25, 0.3) is 0 Å². The van der Waals surface area contributed by atoms with Crippen LogP contribution in [-0.4, -0.2) is 54.6 Å². The summed E-state index contributed by atoms with van der Waals surface area (Å²) in [5, 5.41) is 15.9. The number of nitrogens with one attached hydrogen (secondary N) is 2. The summed E-state index contributed by atoms with van der Waals surface area (Å²) in [5.41, 5.74) is 3.03. The third kappa shape index (κ3) is 4.82. The molecule has 174 valence electrons. The molecule has 3 atom stereocenters. The van der Waals surface area contributed by atoms with Gasteiger partial charge in [0.1, 0.15) is 6.10 Å². The van der Waals surface area contributed by atoms with E-state index in [9.17, 15) is 14.7 Å². The van der Waals surface area contributed by atoms with E-state index in [0.717, 1.165) is 12.8 Å². The Bertz CT molecular complexity index is 1020. The lowest BCUT2D eigenvalue weighted by atomic mass is 9.96. The lowest BCUT2D eigenvalue weighted by Crippen LogP contribution is -2.51. The van der Waals surface area contributed by atoms with Gasteiger partial charge in [-0.05, 0) is 55.0 Å². The average molecular weight is 453 g/mol. The van der Waals surface area contributed by atoms with Crippen molar-refractivity contribution in [1.82, 2.24) is 10.6 Å². The number of carbonyl (C=O) groups excluding carboxylic acids is 2. The van der Waals surface area contributed by atoms with E-state index in [2.05, 4.69) is 22.8 Å². The smallest absolute Gasteiger partial charge is 0.251 e. The largest absolute Gasteiger partial charge is 0.454 e. The fourth-order valence-corrected chi connectivity index (χ4v) is 4.89. The number of hydrogen-bond donors (Lipinski definition) is 3. The second-order valence-corrected chi connectivity index (χ2v) is 8.85. The number of aliphatic hydroxyl groups excluding tert-OH is 1. The topological polar surface area (TPSA) is 106 Å². The first-order chi connectivity index (χ1) is 16.1. The molecule has 0 aromatic heterocycles. The third-order valence-electron chi connectivity index (χ3n) is 6.58. The first-order valence-electron chi connectivity index (χ1n) is 11.4.